The number of rotatable bonds is 10. The van der Waals surface area contributed by atoms with Crippen molar-refractivity contribution in [1.29, 1.82) is 0 Å². The monoisotopic (exact) mass is 492 g/mol. The number of unbranched alkanes of at least 4 members (excludes halogenated alkanes) is 1. The molecule has 0 bridgehead atoms. The van der Waals surface area contributed by atoms with Crippen LogP contribution in [0.1, 0.15) is 62.3 Å². The first-order valence-electron chi connectivity index (χ1n) is 11.6. The van der Waals surface area contributed by atoms with Gasteiger partial charge in [-0.1, -0.05) is 57.0 Å². The van der Waals surface area contributed by atoms with E-state index in [4.69, 9.17) is 9.84 Å². The number of carbonyl (C=O) groups is 1. The van der Waals surface area contributed by atoms with Crippen molar-refractivity contribution in [2.24, 2.45) is 0 Å². The number of nitrogens with zero attached hydrogens (tertiary/aromatic N) is 1. The van der Waals surface area contributed by atoms with Crippen molar-refractivity contribution in [2.45, 2.75) is 62.6 Å². The Bertz CT molecular complexity index is 987. The molecule has 1 aliphatic rings. The van der Waals surface area contributed by atoms with E-state index in [9.17, 15) is 19.1 Å². The zero-order valence-electron chi connectivity index (χ0n) is 20.0. The Kier molecular flexibility index (Phi) is 8.62. The second-order valence-electron chi connectivity index (χ2n) is 8.95. The molecular formula is C25H36N2O6S. The van der Waals surface area contributed by atoms with Crippen LogP contribution in [-0.4, -0.2) is 55.4 Å². The number of carboxylic acid groups (broad SMARTS) is 1. The van der Waals surface area contributed by atoms with Gasteiger partial charge in [-0.3, -0.25) is 19.2 Å². The molecule has 0 aromatic heterocycles. The summed E-state index contributed by atoms with van der Waals surface area (Å²) in [5.41, 5.74) is 1.71. The lowest BCUT2D eigenvalue weighted by Gasteiger charge is -2.42. The highest BCUT2D eigenvalue weighted by Crippen LogP contribution is 2.58. The molecule has 0 saturated heterocycles. The van der Waals surface area contributed by atoms with Crippen molar-refractivity contribution in [3.63, 3.8) is 0 Å². The third-order valence-electron chi connectivity index (χ3n) is 6.49. The molecule has 0 saturated carbocycles. The summed E-state index contributed by atoms with van der Waals surface area (Å²) >= 11 is 0. The van der Waals surface area contributed by atoms with Crippen molar-refractivity contribution in [2.75, 3.05) is 19.4 Å². The minimum atomic E-state index is -3.21. The van der Waals surface area contributed by atoms with E-state index in [2.05, 4.69) is 19.2 Å². The third-order valence-corrected chi connectivity index (χ3v) is 8.51. The summed E-state index contributed by atoms with van der Waals surface area (Å²) in [5, 5.41) is 23.6. The molecule has 8 nitrogen and oxygen atoms in total. The molecule has 0 unspecified atom stereocenters. The van der Waals surface area contributed by atoms with Crippen molar-refractivity contribution in [1.82, 2.24) is 10.4 Å². The first-order chi connectivity index (χ1) is 16.1. The molecule has 2 atom stereocenters. The Labute approximate surface area is 202 Å². The summed E-state index contributed by atoms with van der Waals surface area (Å²) in [6, 6.07) is 13.0. The summed E-state index contributed by atoms with van der Waals surface area (Å²) in [4.78, 5) is 11.4. The van der Waals surface area contributed by atoms with Crippen LogP contribution in [0.2, 0.25) is 0 Å². The number of aliphatic carboxylic acids is 1. The van der Waals surface area contributed by atoms with E-state index in [1.807, 2.05) is 30.3 Å². The zero-order chi connectivity index (χ0) is 24.9. The molecule has 2 aromatic carbocycles. The highest BCUT2D eigenvalue weighted by atomic mass is 32.3. The standard InChI is InChI=1S/C25H36N2O6S/c1-4-6-12-25(5-2)17-34(31,32)22-13-19(15-27(30)16-23(28)29)21(33-3)14-20(22)24(26-25)18-10-8-7-9-11-18/h7-11,13-14,24,26,30-32H,4-6,12,15-17H2,1-3H3,(H,28,29)/t24-,25-/m1/s1. The van der Waals surface area contributed by atoms with Crippen LogP contribution >= 0.6 is 10.6 Å². The van der Waals surface area contributed by atoms with Crippen LogP contribution in [0.4, 0.5) is 0 Å². The minimum Gasteiger partial charge on any atom is -0.496 e. The molecule has 188 valence electrons. The van der Waals surface area contributed by atoms with Gasteiger partial charge in [0.25, 0.3) is 0 Å². The number of fused-ring (bicyclic) bond motifs is 1. The van der Waals surface area contributed by atoms with Crippen molar-refractivity contribution in [3.05, 3.63) is 59.2 Å². The summed E-state index contributed by atoms with van der Waals surface area (Å²) in [5.74, 6) is -0.549. The van der Waals surface area contributed by atoms with Crippen LogP contribution in [0.15, 0.2) is 47.4 Å². The largest absolute Gasteiger partial charge is 0.496 e. The van der Waals surface area contributed by atoms with Gasteiger partial charge in [-0.05, 0) is 30.5 Å². The lowest BCUT2D eigenvalue weighted by molar-refractivity contribution is -0.155. The van der Waals surface area contributed by atoms with Gasteiger partial charge in [0.15, 0.2) is 0 Å². The van der Waals surface area contributed by atoms with Crippen molar-refractivity contribution >= 4 is 16.6 Å². The topological polar surface area (TPSA) is 122 Å². The van der Waals surface area contributed by atoms with Gasteiger partial charge in [0, 0.05) is 16.7 Å². The lowest BCUT2D eigenvalue weighted by Crippen LogP contribution is -2.49. The van der Waals surface area contributed by atoms with Crippen LogP contribution in [0.25, 0.3) is 0 Å². The average Bonchev–Trinajstić information content (AvgIpc) is 2.89. The highest BCUT2D eigenvalue weighted by molar-refractivity contribution is 8.24. The average molecular weight is 493 g/mol. The predicted molar refractivity (Wildman–Crippen MR) is 133 cm³/mol. The molecular weight excluding hydrogens is 456 g/mol. The molecule has 0 aliphatic carbocycles. The first kappa shape index (κ1) is 26.5. The molecule has 2 aromatic rings. The van der Waals surface area contributed by atoms with Crippen LogP contribution < -0.4 is 10.1 Å². The van der Waals surface area contributed by atoms with Crippen molar-refractivity contribution < 1.29 is 29.0 Å². The van der Waals surface area contributed by atoms with Gasteiger partial charge in [-0.25, -0.2) is 0 Å². The van der Waals surface area contributed by atoms with E-state index in [0.717, 1.165) is 31.2 Å². The number of nitrogens with one attached hydrogen (secondary N) is 1. The Morgan fingerprint density at radius 1 is 1.24 bits per heavy atom. The molecule has 0 amide bonds. The fraction of sp³-hybridized carbons (Fsp3) is 0.480. The van der Waals surface area contributed by atoms with Gasteiger partial charge in [-0.2, -0.15) is 15.7 Å². The molecule has 0 spiro atoms. The second-order valence-corrected chi connectivity index (χ2v) is 11.0. The maximum Gasteiger partial charge on any atom is 0.320 e. The van der Waals surface area contributed by atoms with Gasteiger partial charge in [-0.15, -0.1) is 0 Å². The molecule has 9 heteroatoms. The van der Waals surface area contributed by atoms with E-state index in [-0.39, 0.29) is 18.3 Å². The molecule has 5 N–H and O–H groups in total. The maximum atomic E-state index is 11.5. The summed E-state index contributed by atoms with van der Waals surface area (Å²) in [6.07, 6.45) is 3.49. The van der Waals surface area contributed by atoms with Gasteiger partial charge in [0.2, 0.25) is 0 Å². The smallest absolute Gasteiger partial charge is 0.320 e. The Balaban J connectivity index is 2.18. The maximum absolute atomic E-state index is 11.5. The van der Waals surface area contributed by atoms with Crippen LogP contribution in [0.5, 0.6) is 5.75 Å². The highest BCUT2D eigenvalue weighted by Gasteiger charge is 2.42. The zero-order valence-corrected chi connectivity index (χ0v) is 20.8. The molecule has 34 heavy (non-hydrogen) atoms. The first-order valence-corrected chi connectivity index (χ1v) is 13.3. The number of carboxylic acids is 1. The summed E-state index contributed by atoms with van der Waals surface area (Å²) in [6.45, 7) is 3.49. The number of hydroxylamine groups is 2. The van der Waals surface area contributed by atoms with Gasteiger partial charge in [0.05, 0.1) is 30.3 Å². The summed E-state index contributed by atoms with van der Waals surface area (Å²) in [7, 11) is -1.71. The normalized spacial score (nSPS) is 22.6. The number of hydrogen-bond donors (Lipinski definition) is 5. The third kappa shape index (κ3) is 5.91. The van der Waals surface area contributed by atoms with Gasteiger partial charge in [0.1, 0.15) is 12.3 Å². The van der Waals surface area contributed by atoms with E-state index in [1.165, 1.54) is 7.11 Å². The lowest BCUT2D eigenvalue weighted by atomic mass is 9.88. The van der Waals surface area contributed by atoms with Gasteiger partial charge >= 0.3 is 5.97 Å². The predicted octanol–water partition coefficient (Wildman–Crippen LogP) is 5.11. The van der Waals surface area contributed by atoms with Crippen molar-refractivity contribution in [3.8, 4) is 5.75 Å². The molecule has 0 fully saturated rings. The van der Waals surface area contributed by atoms with E-state index < -0.39 is 28.6 Å². The van der Waals surface area contributed by atoms with Crippen LogP contribution in [0.3, 0.4) is 0 Å². The van der Waals surface area contributed by atoms with Crippen LogP contribution in [0, 0.1) is 0 Å². The Morgan fingerprint density at radius 2 is 1.94 bits per heavy atom. The quantitative estimate of drug-likeness (QED) is 0.290. The number of hydrogen-bond acceptors (Lipinski definition) is 7. The van der Waals surface area contributed by atoms with E-state index in [0.29, 0.717) is 26.8 Å². The molecule has 1 aliphatic heterocycles. The van der Waals surface area contributed by atoms with E-state index in [1.54, 1.807) is 12.1 Å². The van der Waals surface area contributed by atoms with Gasteiger partial charge < -0.3 is 15.1 Å². The Morgan fingerprint density at radius 3 is 2.53 bits per heavy atom. The fourth-order valence-electron chi connectivity index (χ4n) is 4.69. The van der Waals surface area contributed by atoms with E-state index >= 15 is 0 Å². The molecule has 3 rings (SSSR count). The SMILES string of the molecule is CCCC[C@]1(CC)CS(O)(O)c2cc(CN(O)CC(=O)O)c(OC)cc2[C@@H](c2ccccc2)N1. The second kappa shape index (κ2) is 11.1. The molecule has 1 heterocycles. The number of ether oxygens (including phenoxy) is 1. The minimum absolute atomic E-state index is 0.129. The summed E-state index contributed by atoms with van der Waals surface area (Å²) < 4.78 is 28.6. The number of methoxy groups -OCH3 is 1. The number of benzene rings is 2. The fourth-order valence-corrected chi connectivity index (χ4v) is 6.93. The van der Waals surface area contributed by atoms with Crippen LogP contribution in [-0.2, 0) is 11.3 Å². The molecule has 0 radical (unpaired) electrons. The Hall–Kier alpha value is -2.14.